The Morgan fingerprint density at radius 2 is 2.20 bits per heavy atom. The molecule has 0 saturated carbocycles. The summed E-state index contributed by atoms with van der Waals surface area (Å²) in [4.78, 5) is 2.24. The Hall–Kier alpha value is -1.27. The van der Waals surface area contributed by atoms with Crippen LogP contribution in [0.2, 0.25) is 0 Å². The van der Waals surface area contributed by atoms with E-state index in [2.05, 4.69) is 16.6 Å². The summed E-state index contributed by atoms with van der Waals surface area (Å²) in [6.07, 6.45) is -2.48. The minimum absolute atomic E-state index is 0.0655. The van der Waals surface area contributed by atoms with E-state index in [0.717, 1.165) is 24.9 Å². The first-order chi connectivity index (χ1) is 9.40. The van der Waals surface area contributed by atoms with E-state index in [9.17, 15) is 13.2 Å². The van der Waals surface area contributed by atoms with Crippen molar-refractivity contribution in [2.75, 3.05) is 13.1 Å². The second-order valence-electron chi connectivity index (χ2n) is 5.10. The van der Waals surface area contributed by atoms with Crippen LogP contribution in [0.4, 0.5) is 13.2 Å². The van der Waals surface area contributed by atoms with Gasteiger partial charge in [0.2, 0.25) is 0 Å². The fraction of sp³-hybridized carbons (Fsp3) is 0.571. The molecule has 20 heavy (non-hydrogen) atoms. The average Bonchev–Trinajstić information content (AvgIpc) is 2.75. The maximum absolute atomic E-state index is 12.3. The van der Waals surface area contributed by atoms with E-state index in [0.29, 0.717) is 12.6 Å². The first-order valence-electron chi connectivity index (χ1n) is 6.72. The summed E-state index contributed by atoms with van der Waals surface area (Å²) in [5, 5.41) is 0. The largest absolute Gasteiger partial charge is 0.573 e. The molecule has 3 nitrogen and oxygen atoms in total. The van der Waals surface area contributed by atoms with Crippen LogP contribution in [0.3, 0.4) is 0 Å². The van der Waals surface area contributed by atoms with Crippen molar-refractivity contribution in [3.8, 4) is 5.75 Å². The molecule has 1 fully saturated rings. The maximum Gasteiger partial charge on any atom is 0.573 e. The second-order valence-corrected chi connectivity index (χ2v) is 5.10. The molecule has 1 heterocycles. The lowest BCUT2D eigenvalue weighted by molar-refractivity contribution is -0.274. The van der Waals surface area contributed by atoms with Crippen molar-refractivity contribution in [1.29, 1.82) is 0 Å². The highest BCUT2D eigenvalue weighted by Crippen LogP contribution is 2.31. The van der Waals surface area contributed by atoms with Crippen molar-refractivity contribution >= 4 is 0 Å². The quantitative estimate of drug-likeness (QED) is 0.925. The SMILES string of the molecule is CC1CCCN1C(CN)c1cccc(OC(F)(F)F)c1. The van der Waals surface area contributed by atoms with E-state index >= 15 is 0 Å². The normalized spacial score (nSPS) is 21.9. The summed E-state index contributed by atoms with van der Waals surface area (Å²) < 4.78 is 40.8. The Balaban J connectivity index is 2.19. The topological polar surface area (TPSA) is 38.5 Å². The van der Waals surface area contributed by atoms with Crippen LogP contribution in [0.5, 0.6) is 5.75 Å². The second kappa shape index (κ2) is 6.01. The lowest BCUT2D eigenvalue weighted by Crippen LogP contribution is -2.36. The third-order valence-corrected chi connectivity index (χ3v) is 3.70. The van der Waals surface area contributed by atoms with Crippen LogP contribution >= 0.6 is 0 Å². The summed E-state index contributed by atoms with van der Waals surface area (Å²) in [5.41, 5.74) is 6.59. The van der Waals surface area contributed by atoms with Gasteiger partial charge in [0.1, 0.15) is 5.75 Å². The van der Waals surface area contributed by atoms with Gasteiger partial charge < -0.3 is 10.5 Å². The summed E-state index contributed by atoms with van der Waals surface area (Å²) >= 11 is 0. The number of hydrogen-bond donors (Lipinski definition) is 1. The monoisotopic (exact) mass is 288 g/mol. The summed E-state index contributed by atoms with van der Waals surface area (Å²) in [6, 6.07) is 6.43. The molecule has 1 aromatic rings. The molecular weight excluding hydrogens is 269 g/mol. The van der Waals surface area contributed by atoms with Crippen LogP contribution in [0.25, 0.3) is 0 Å². The first-order valence-corrected chi connectivity index (χ1v) is 6.72. The van der Waals surface area contributed by atoms with E-state index in [1.54, 1.807) is 12.1 Å². The van der Waals surface area contributed by atoms with Gasteiger partial charge in [0.25, 0.3) is 0 Å². The molecule has 1 aliphatic rings. The number of benzene rings is 1. The summed E-state index contributed by atoms with van der Waals surface area (Å²) in [6.45, 7) is 3.42. The zero-order valence-corrected chi connectivity index (χ0v) is 11.4. The van der Waals surface area contributed by atoms with E-state index in [4.69, 9.17) is 5.73 Å². The molecule has 1 saturated heterocycles. The molecule has 112 valence electrons. The zero-order valence-electron chi connectivity index (χ0n) is 11.4. The molecule has 0 bridgehead atoms. The van der Waals surface area contributed by atoms with E-state index < -0.39 is 6.36 Å². The molecule has 2 N–H and O–H groups in total. The number of alkyl halides is 3. The summed E-state index contributed by atoms with van der Waals surface area (Å²) in [5.74, 6) is -0.194. The predicted molar refractivity (Wildman–Crippen MR) is 70.3 cm³/mol. The number of hydrogen-bond acceptors (Lipinski definition) is 3. The summed E-state index contributed by atoms with van der Waals surface area (Å²) in [7, 11) is 0. The van der Waals surface area contributed by atoms with Gasteiger partial charge in [-0.3, -0.25) is 4.90 Å². The molecule has 0 aromatic heterocycles. The number of likely N-dealkylation sites (tertiary alicyclic amines) is 1. The van der Waals surface area contributed by atoms with Crippen LogP contribution < -0.4 is 10.5 Å². The van der Waals surface area contributed by atoms with Crippen LogP contribution in [0.15, 0.2) is 24.3 Å². The minimum atomic E-state index is -4.67. The fourth-order valence-corrected chi connectivity index (χ4v) is 2.80. The molecule has 0 amide bonds. The highest BCUT2D eigenvalue weighted by atomic mass is 19.4. The number of nitrogens with zero attached hydrogens (tertiary/aromatic N) is 1. The highest BCUT2D eigenvalue weighted by molar-refractivity contribution is 5.31. The van der Waals surface area contributed by atoms with Crippen LogP contribution in [-0.2, 0) is 0 Å². The van der Waals surface area contributed by atoms with Crippen LogP contribution in [0, 0.1) is 0 Å². The van der Waals surface area contributed by atoms with Crippen molar-refractivity contribution in [1.82, 2.24) is 4.90 Å². The lowest BCUT2D eigenvalue weighted by Gasteiger charge is -2.31. The van der Waals surface area contributed by atoms with Crippen molar-refractivity contribution in [3.05, 3.63) is 29.8 Å². The van der Waals surface area contributed by atoms with Gasteiger partial charge in [-0.1, -0.05) is 12.1 Å². The lowest BCUT2D eigenvalue weighted by atomic mass is 10.0. The predicted octanol–water partition coefficient (Wildman–Crippen LogP) is 3.07. The molecule has 1 aliphatic heterocycles. The van der Waals surface area contributed by atoms with Crippen molar-refractivity contribution in [2.45, 2.75) is 38.2 Å². The smallest absolute Gasteiger partial charge is 0.406 e. The maximum atomic E-state index is 12.3. The molecule has 2 unspecified atom stereocenters. The fourth-order valence-electron chi connectivity index (χ4n) is 2.80. The molecule has 0 aliphatic carbocycles. The van der Waals surface area contributed by atoms with Gasteiger partial charge in [0, 0.05) is 18.6 Å². The van der Waals surface area contributed by atoms with Gasteiger partial charge in [-0.15, -0.1) is 13.2 Å². The Morgan fingerprint density at radius 1 is 1.45 bits per heavy atom. The van der Waals surface area contributed by atoms with E-state index in [-0.39, 0.29) is 11.8 Å². The van der Waals surface area contributed by atoms with Gasteiger partial charge in [-0.05, 0) is 44.0 Å². The highest BCUT2D eigenvalue weighted by Gasteiger charge is 2.32. The third-order valence-electron chi connectivity index (χ3n) is 3.70. The molecule has 0 spiro atoms. The Kier molecular flexibility index (Phi) is 4.55. The van der Waals surface area contributed by atoms with E-state index in [1.807, 2.05) is 0 Å². The number of ether oxygens (including phenoxy) is 1. The van der Waals surface area contributed by atoms with Crippen LogP contribution in [-0.4, -0.2) is 30.4 Å². The number of rotatable bonds is 4. The Bertz CT molecular complexity index is 450. The molecule has 6 heteroatoms. The number of halogens is 3. The van der Waals surface area contributed by atoms with Gasteiger partial charge >= 0.3 is 6.36 Å². The van der Waals surface area contributed by atoms with Crippen molar-refractivity contribution < 1.29 is 17.9 Å². The molecule has 2 rings (SSSR count). The van der Waals surface area contributed by atoms with Crippen molar-refractivity contribution in [2.24, 2.45) is 5.73 Å². The van der Waals surface area contributed by atoms with Crippen LogP contribution in [0.1, 0.15) is 31.4 Å². The number of nitrogens with two attached hydrogens (primary N) is 1. The zero-order chi connectivity index (χ0) is 14.8. The Labute approximate surface area is 116 Å². The molecule has 2 atom stereocenters. The molecule has 0 radical (unpaired) electrons. The first kappa shape index (κ1) is 15.1. The van der Waals surface area contributed by atoms with Gasteiger partial charge in [-0.2, -0.15) is 0 Å². The van der Waals surface area contributed by atoms with Crippen molar-refractivity contribution in [3.63, 3.8) is 0 Å². The average molecular weight is 288 g/mol. The third kappa shape index (κ3) is 3.64. The Morgan fingerprint density at radius 3 is 2.75 bits per heavy atom. The standard InChI is InChI=1S/C14H19F3N2O/c1-10-4-3-7-19(10)13(9-18)11-5-2-6-12(8-11)20-14(15,16)17/h2,5-6,8,10,13H,3-4,7,9,18H2,1H3. The van der Waals surface area contributed by atoms with Gasteiger partial charge in [-0.25, -0.2) is 0 Å². The molecular formula is C14H19F3N2O. The molecule has 1 aromatic carbocycles. The van der Waals surface area contributed by atoms with Gasteiger partial charge in [0.15, 0.2) is 0 Å². The van der Waals surface area contributed by atoms with E-state index in [1.165, 1.54) is 12.1 Å². The van der Waals surface area contributed by atoms with Gasteiger partial charge in [0.05, 0.1) is 0 Å². The minimum Gasteiger partial charge on any atom is -0.406 e.